The van der Waals surface area contributed by atoms with Gasteiger partial charge < -0.3 is 28.4 Å². The van der Waals surface area contributed by atoms with Crippen LogP contribution in [-0.4, -0.2) is 81.2 Å². The molecule has 5 aromatic rings. The lowest BCUT2D eigenvalue weighted by molar-refractivity contribution is -0.316. The highest BCUT2D eigenvalue weighted by Crippen LogP contribution is 2.50. The SMILES string of the molecule is COC(=O)[C@@H](N=[N+]=[N-])[C@@H]1O[C@@H](n2cnc3c(Cl)nc(NC(C)=O)nc32)[C@@H]2OC[C@H](OCc3ccccc3)[C@]2(OCc2ccccc2)[C@@H]1OCc1ccccc1. The van der Waals surface area contributed by atoms with E-state index in [9.17, 15) is 15.1 Å². The third kappa shape index (κ3) is 7.88. The quantitative estimate of drug-likeness (QED) is 0.0478. The van der Waals surface area contributed by atoms with Gasteiger partial charge in [-0.05, 0) is 22.2 Å². The first-order valence-electron chi connectivity index (χ1n) is 17.4. The standard InChI is InChI=1S/C38H37ClN8O8/c1-23(48)42-37-43-33(39)29-34(44-37)47(22-41-29)35-32-38(54-20-26-16-10-5-11-17-26,27(21-53-32)51-18-24-12-6-3-7-13-24)31(52-19-25-14-8-4-9-15-25)30(55-35)28(45-46-40)36(49)50-2/h3-17,22,27-28,30-32,35H,18-21H2,1-2H3,(H,42,43,44,48)/t27-,28-,30-,31+,32-,35+,38-/m0/s1. The molecule has 284 valence electrons. The molecular weight excluding hydrogens is 732 g/mol. The van der Waals surface area contributed by atoms with Crippen molar-refractivity contribution in [2.24, 2.45) is 5.11 Å². The van der Waals surface area contributed by atoms with Crippen LogP contribution in [0, 0.1) is 0 Å². The molecule has 0 spiro atoms. The molecule has 7 atom stereocenters. The first kappa shape index (κ1) is 37.8. The summed E-state index contributed by atoms with van der Waals surface area (Å²) in [5, 5.41) is 6.41. The highest BCUT2D eigenvalue weighted by atomic mass is 35.5. The molecule has 55 heavy (non-hydrogen) atoms. The largest absolute Gasteiger partial charge is 0.469 e. The lowest BCUT2D eigenvalue weighted by atomic mass is 9.78. The number of anilines is 1. The molecule has 1 N–H and O–H groups in total. The summed E-state index contributed by atoms with van der Waals surface area (Å²) >= 11 is 6.55. The summed E-state index contributed by atoms with van der Waals surface area (Å²) in [6.45, 7) is 1.60. The monoisotopic (exact) mass is 768 g/mol. The van der Waals surface area contributed by atoms with E-state index in [1.54, 1.807) is 4.57 Å². The Morgan fingerprint density at radius 2 is 1.60 bits per heavy atom. The Labute approximate surface area is 320 Å². The normalized spacial score (nSPS) is 23.7. The highest BCUT2D eigenvalue weighted by molar-refractivity contribution is 6.33. The summed E-state index contributed by atoms with van der Waals surface area (Å²) in [6, 6.07) is 27.0. The van der Waals surface area contributed by atoms with Crippen molar-refractivity contribution in [3.63, 3.8) is 0 Å². The maximum absolute atomic E-state index is 13.6. The Hall–Kier alpha value is -5.45. The number of imidazole rings is 1. The molecule has 16 nitrogen and oxygen atoms in total. The number of carbonyl (C=O) groups is 2. The van der Waals surface area contributed by atoms with Gasteiger partial charge in [0.1, 0.15) is 29.9 Å². The number of halogens is 1. The van der Waals surface area contributed by atoms with Crippen LogP contribution in [0.5, 0.6) is 0 Å². The van der Waals surface area contributed by atoms with Gasteiger partial charge in [-0.3, -0.25) is 19.5 Å². The molecule has 4 heterocycles. The van der Waals surface area contributed by atoms with Gasteiger partial charge in [-0.1, -0.05) is 108 Å². The number of azide groups is 1. The smallest absolute Gasteiger partial charge is 0.317 e. The molecule has 2 aromatic heterocycles. The van der Waals surface area contributed by atoms with Gasteiger partial charge in [0.2, 0.25) is 11.9 Å². The van der Waals surface area contributed by atoms with Gasteiger partial charge in [-0.2, -0.15) is 9.97 Å². The van der Waals surface area contributed by atoms with Crippen molar-refractivity contribution in [2.75, 3.05) is 19.0 Å². The van der Waals surface area contributed by atoms with Crippen LogP contribution in [-0.2, 0) is 57.8 Å². The molecule has 2 fully saturated rings. The lowest BCUT2D eigenvalue weighted by Gasteiger charge is -2.53. The number of benzene rings is 3. The molecule has 3 aromatic carbocycles. The summed E-state index contributed by atoms with van der Waals surface area (Å²) in [5.41, 5.74) is 11.1. The van der Waals surface area contributed by atoms with E-state index in [-0.39, 0.29) is 48.7 Å². The number of amides is 1. The Morgan fingerprint density at radius 3 is 2.20 bits per heavy atom. The molecule has 2 saturated heterocycles. The molecule has 7 rings (SSSR count). The molecule has 0 unspecified atom stereocenters. The number of methoxy groups -OCH3 is 1. The minimum absolute atomic E-state index is 0.00792. The topological polar surface area (TPSA) is 194 Å². The summed E-state index contributed by atoms with van der Waals surface area (Å²) in [4.78, 5) is 41.8. The van der Waals surface area contributed by atoms with Gasteiger partial charge in [0.15, 0.2) is 28.7 Å². The number of rotatable bonds is 14. The predicted molar refractivity (Wildman–Crippen MR) is 197 cm³/mol. The fourth-order valence-corrected chi connectivity index (χ4v) is 7.19. The number of carbonyl (C=O) groups excluding carboxylic acids is 2. The number of hydrogen-bond acceptors (Lipinski definition) is 12. The molecule has 1 amide bonds. The van der Waals surface area contributed by atoms with E-state index >= 15 is 0 Å². The zero-order valence-electron chi connectivity index (χ0n) is 29.8. The second-order valence-electron chi connectivity index (χ2n) is 12.9. The first-order chi connectivity index (χ1) is 26.8. The average Bonchev–Trinajstić information content (AvgIpc) is 3.80. The van der Waals surface area contributed by atoms with Gasteiger partial charge in [0, 0.05) is 11.8 Å². The second kappa shape index (κ2) is 16.9. The van der Waals surface area contributed by atoms with Crippen LogP contribution in [0.1, 0.15) is 29.8 Å². The van der Waals surface area contributed by atoms with E-state index in [2.05, 4.69) is 30.3 Å². The fraction of sp³-hybridized carbons (Fsp3) is 0.342. The van der Waals surface area contributed by atoms with Crippen molar-refractivity contribution in [1.29, 1.82) is 0 Å². The van der Waals surface area contributed by atoms with Crippen LogP contribution in [0.3, 0.4) is 0 Å². The van der Waals surface area contributed by atoms with E-state index in [1.165, 1.54) is 20.4 Å². The number of nitrogens with zero attached hydrogens (tertiary/aromatic N) is 7. The second-order valence-corrected chi connectivity index (χ2v) is 13.2. The number of fused-ring (bicyclic) bond motifs is 2. The molecule has 17 heteroatoms. The molecule has 0 aliphatic carbocycles. The van der Waals surface area contributed by atoms with Gasteiger partial charge in [0.05, 0.1) is 39.9 Å². The van der Waals surface area contributed by atoms with Gasteiger partial charge in [0.25, 0.3) is 0 Å². The number of hydrogen-bond donors (Lipinski definition) is 1. The van der Waals surface area contributed by atoms with E-state index in [0.29, 0.717) is 0 Å². The average molecular weight is 769 g/mol. The third-order valence-electron chi connectivity index (χ3n) is 9.44. The van der Waals surface area contributed by atoms with E-state index in [1.807, 2.05) is 91.0 Å². The summed E-state index contributed by atoms with van der Waals surface area (Å²) < 4.78 is 40.8. The lowest BCUT2D eigenvalue weighted by Crippen LogP contribution is -2.71. The molecule has 0 bridgehead atoms. The summed E-state index contributed by atoms with van der Waals surface area (Å²) in [6.07, 6.45) is -4.18. The van der Waals surface area contributed by atoms with Crippen molar-refractivity contribution in [1.82, 2.24) is 19.5 Å². The Balaban J connectivity index is 1.43. The Morgan fingerprint density at radius 1 is 0.982 bits per heavy atom. The van der Waals surface area contributed by atoms with E-state index < -0.39 is 54.2 Å². The first-order valence-corrected chi connectivity index (χ1v) is 17.8. The van der Waals surface area contributed by atoms with Crippen LogP contribution >= 0.6 is 11.6 Å². The zero-order chi connectivity index (χ0) is 38.4. The van der Waals surface area contributed by atoms with Crippen LogP contribution in [0.15, 0.2) is 102 Å². The molecule has 2 aliphatic heterocycles. The van der Waals surface area contributed by atoms with Gasteiger partial charge >= 0.3 is 5.97 Å². The minimum atomic E-state index is -1.57. The molecular formula is C38H37ClN8O8. The maximum atomic E-state index is 13.6. The Bertz CT molecular complexity index is 2160. The number of aromatic nitrogens is 4. The van der Waals surface area contributed by atoms with E-state index in [4.69, 9.17) is 40.0 Å². The summed E-state index contributed by atoms with van der Waals surface area (Å²) in [7, 11) is 1.18. The third-order valence-corrected chi connectivity index (χ3v) is 9.71. The van der Waals surface area contributed by atoms with Crippen LogP contribution < -0.4 is 5.32 Å². The number of nitrogens with one attached hydrogen (secondary N) is 1. The summed E-state index contributed by atoms with van der Waals surface area (Å²) in [5.74, 6) is -1.37. The number of esters is 1. The van der Waals surface area contributed by atoms with Crippen LogP contribution in [0.2, 0.25) is 5.15 Å². The molecule has 0 saturated carbocycles. The van der Waals surface area contributed by atoms with Gasteiger partial charge in [-0.25, -0.2) is 4.98 Å². The van der Waals surface area contributed by atoms with Crippen molar-refractivity contribution < 1.29 is 38.0 Å². The van der Waals surface area contributed by atoms with Crippen molar-refractivity contribution in [3.05, 3.63) is 130 Å². The van der Waals surface area contributed by atoms with Crippen molar-refractivity contribution in [3.8, 4) is 0 Å². The maximum Gasteiger partial charge on any atom is 0.317 e. The zero-order valence-corrected chi connectivity index (χ0v) is 30.6. The fourth-order valence-electron chi connectivity index (χ4n) is 6.98. The molecule has 0 radical (unpaired) electrons. The Kier molecular flexibility index (Phi) is 11.6. The van der Waals surface area contributed by atoms with Crippen molar-refractivity contribution in [2.45, 2.75) is 69.0 Å². The van der Waals surface area contributed by atoms with Gasteiger partial charge in [-0.15, -0.1) is 0 Å². The van der Waals surface area contributed by atoms with Crippen LogP contribution in [0.25, 0.3) is 21.6 Å². The number of ether oxygens (including phenoxy) is 6. The highest BCUT2D eigenvalue weighted by Gasteiger charge is 2.69. The minimum Gasteiger partial charge on any atom is -0.469 e. The van der Waals surface area contributed by atoms with Crippen LogP contribution in [0.4, 0.5) is 5.95 Å². The van der Waals surface area contributed by atoms with E-state index in [0.717, 1.165) is 16.7 Å². The molecule has 2 aliphatic rings. The van der Waals surface area contributed by atoms with Crippen molar-refractivity contribution >= 4 is 40.6 Å². The predicted octanol–water partition coefficient (Wildman–Crippen LogP) is 5.71.